The first-order chi connectivity index (χ1) is 11.8. The maximum atomic E-state index is 6.21. The molecule has 2 heterocycles. The number of piperidine rings is 1. The van der Waals surface area contributed by atoms with Crippen molar-refractivity contribution in [2.45, 2.75) is 50.4 Å². The minimum Gasteiger partial charge on any atom is -0.496 e. The minimum atomic E-state index is 0.0749. The summed E-state index contributed by atoms with van der Waals surface area (Å²) in [6.45, 7) is 4.88. The largest absolute Gasteiger partial charge is 0.496 e. The van der Waals surface area contributed by atoms with E-state index in [9.17, 15) is 0 Å². The molecule has 1 aromatic carbocycles. The smallest absolute Gasteiger partial charge is 0.123 e. The molecular formula is C20H29NO3. The molecule has 0 radical (unpaired) electrons. The lowest BCUT2D eigenvalue weighted by Gasteiger charge is -2.38. The summed E-state index contributed by atoms with van der Waals surface area (Å²) < 4.78 is 17.7. The van der Waals surface area contributed by atoms with Crippen LogP contribution in [-0.2, 0) is 16.0 Å². The molecule has 0 amide bonds. The number of hydrogen-bond acceptors (Lipinski definition) is 4. The van der Waals surface area contributed by atoms with Gasteiger partial charge in [-0.05, 0) is 37.7 Å². The molecule has 0 aromatic heterocycles. The van der Waals surface area contributed by atoms with Gasteiger partial charge in [-0.1, -0.05) is 18.2 Å². The monoisotopic (exact) mass is 331 g/mol. The highest BCUT2D eigenvalue weighted by atomic mass is 16.6. The summed E-state index contributed by atoms with van der Waals surface area (Å²) in [4.78, 5) is 2.52. The maximum absolute atomic E-state index is 6.21. The first-order valence-electron chi connectivity index (χ1n) is 9.36. The molecule has 1 aliphatic carbocycles. The zero-order valence-electron chi connectivity index (χ0n) is 14.7. The highest BCUT2D eigenvalue weighted by Crippen LogP contribution is 2.38. The number of ether oxygens (including phenoxy) is 3. The maximum Gasteiger partial charge on any atom is 0.123 e. The number of nitrogens with zero attached hydrogens (tertiary/aromatic N) is 1. The number of hydrogen-bond donors (Lipinski definition) is 0. The van der Waals surface area contributed by atoms with Crippen molar-refractivity contribution in [2.75, 3.05) is 33.4 Å². The molecule has 1 unspecified atom stereocenters. The zero-order chi connectivity index (χ0) is 16.4. The van der Waals surface area contributed by atoms with Crippen molar-refractivity contribution < 1.29 is 14.2 Å². The fraction of sp³-hybridized carbons (Fsp3) is 0.700. The van der Waals surface area contributed by atoms with Gasteiger partial charge in [0.2, 0.25) is 0 Å². The van der Waals surface area contributed by atoms with Gasteiger partial charge in [0, 0.05) is 38.2 Å². The first kappa shape index (κ1) is 16.4. The van der Waals surface area contributed by atoms with Crippen LogP contribution >= 0.6 is 0 Å². The van der Waals surface area contributed by atoms with Crippen LogP contribution in [0.25, 0.3) is 0 Å². The predicted molar refractivity (Wildman–Crippen MR) is 93.3 cm³/mol. The van der Waals surface area contributed by atoms with Gasteiger partial charge in [0.05, 0.1) is 25.4 Å². The topological polar surface area (TPSA) is 30.9 Å². The van der Waals surface area contributed by atoms with Crippen molar-refractivity contribution in [3.8, 4) is 5.75 Å². The Morgan fingerprint density at radius 2 is 2.00 bits per heavy atom. The van der Waals surface area contributed by atoms with Gasteiger partial charge in [0.1, 0.15) is 5.75 Å². The summed E-state index contributed by atoms with van der Waals surface area (Å²) in [7, 11) is 1.75. The Morgan fingerprint density at radius 3 is 2.75 bits per heavy atom. The lowest BCUT2D eigenvalue weighted by atomic mass is 9.88. The van der Waals surface area contributed by atoms with Crippen LogP contribution in [0.1, 0.15) is 37.7 Å². The summed E-state index contributed by atoms with van der Waals surface area (Å²) >= 11 is 0. The molecule has 3 fully saturated rings. The first-order valence-corrected chi connectivity index (χ1v) is 9.36. The van der Waals surface area contributed by atoms with Gasteiger partial charge >= 0.3 is 0 Å². The number of rotatable bonds is 6. The highest BCUT2D eigenvalue weighted by Gasteiger charge is 2.43. The molecule has 24 heavy (non-hydrogen) atoms. The molecule has 1 saturated carbocycles. The number of likely N-dealkylation sites (tertiary alicyclic amines) is 1. The Bertz CT molecular complexity index is 550. The van der Waals surface area contributed by atoms with Gasteiger partial charge in [-0.3, -0.25) is 4.90 Å². The second-order valence-corrected chi connectivity index (χ2v) is 7.68. The predicted octanol–water partition coefficient (Wildman–Crippen LogP) is 3.25. The lowest BCUT2D eigenvalue weighted by Crippen LogP contribution is -2.44. The van der Waals surface area contributed by atoms with E-state index in [1.807, 2.05) is 12.1 Å². The number of para-hydroxylation sites is 1. The summed E-state index contributed by atoms with van der Waals surface area (Å²) in [5.41, 5.74) is 1.35. The minimum absolute atomic E-state index is 0.0749. The van der Waals surface area contributed by atoms with Crippen molar-refractivity contribution in [2.24, 2.45) is 5.92 Å². The molecule has 132 valence electrons. The molecule has 0 bridgehead atoms. The third kappa shape index (κ3) is 3.76. The SMILES string of the molecule is COc1ccccc1CN1CCC2(CC1)CC(OCC1CC1)CO2. The van der Waals surface area contributed by atoms with Gasteiger partial charge in [0.15, 0.2) is 0 Å². The van der Waals surface area contributed by atoms with Gasteiger partial charge < -0.3 is 14.2 Å². The van der Waals surface area contributed by atoms with Crippen LogP contribution in [0, 0.1) is 5.92 Å². The molecule has 1 spiro atoms. The van der Waals surface area contributed by atoms with E-state index in [1.165, 1.54) is 18.4 Å². The van der Waals surface area contributed by atoms with Crippen LogP contribution in [0.4, 0.5) is 0 Å². The van der Waals surface area contributed by atoms with Crippen LogP contribution < -0.4 is 4.74 Å². The molecule has 1 atom stereocenters. The molecule has 4 heteroatoms. The third-order valence-electron chi connectivity index (χ3n) is 5.79. The summed E-state index contributed by atoms with van der Waals surface area (Å²) in [5.74, 6) is 1.83. The Morgan fingerprint density at radius 1 is 1.21 bits per heavy atom. The average molecular weight is 331 g/mol. The second kappa shape index (κ2) is 7.03. The van der Waals surface area contributed by atoms with Gasteiger partial charge in [0.25, 0.3) is 0 Å². The number of methoxy groups -OCH3 is 1. The van der Waals surface area contributed by atoms with E-state index in [0.717, 1.165) is 63.8 Å². The van der Waals surface area contributed by atoms with Crippen molar-refractivity contribution in [3.05, 3.63) is 29.8 Å². The average Bonchev–Trinajstić information content (AvgIpc) is 3.37. The summed E-state index contributed by atoms with van der Waals surface area (Å²) in [6, 6.07) is 8.33. The van der Waals surface area contributed by atoms with Crippen LogP contribution in [-0.4, -0.2) is 50.0 Å². The zero-order valence-corrected chi connectivity index (χ0v) is 14.7. The third-order valence-corrected chi connectivity index (χ3v) is 5.79. The standard InChI is InChI=1S/C20H29NO3/c1-22-19-5-3-2-4-17(19)13-21-10-8-20(9-11-21)12-18(15-24-20)23-14-16-6-7-16/h2-5,16,18H,6-15H2,1H3. The van der Waals surface area contributed by atoms with E-state index < -0.39 is 0 Å². The quantitative estimate of drug-likeness (QED) is 0.801. The van der Waals surface area contributed by atoms with E-state index >= 15 is 0 Å². The van der Waals surface area contributed by atoms with Crippen molar-refractivity contribution in [3.63, 3.8) is 0 Å². The second-order valence-electron chi connectivity index (χ2n) is 7.68. The van der Waals surface area contributed by atoms with E-state index in [0.29, 0.717) is 6.10 Å². The van der Waals surface area contributed by atoms with Gasteiger partial charge in [-0.25, -0.2) is 0 Å². The van der Waals surface area contributed by atoms with Crippen LogP contribution in [0.15, 0.2) is 24.3 Å². The van der Waals surface area contributed by atoms with Crippen LogP contribution in [0.2, 0.25) is 0 Å². The van der Waals surface area contributed by atoms with Crippen LogP contribution in [0.5, 0.6) is 5.75 Å². The highest BCUT2D eigenvalue weighted by molar-refractivity contribution is 5.33. The van der Waals surface area contributed by atoms with Crippen molar-refractivity contribution in [1.29, 1.82) is 0 Å². The van der Waals surface area contributed by atoms with E-state index in [2.05, 4.69) is 17.0 Å². The summed E-state index contributed by atoms with van der Waals surface area (Å²) in [5, 5.41) is 0. The van der Waals surface area contributed by atoms with E-state index in [1.54, 1.807) is 7.11 Å². The molecule has 4 nitrogen and oxygen atoms in total. The Hall–Kier alpha value is -1.10. The van der Waals surface area contributed by atoms with Crippen molar-refractivity contribution >= 4 is 0 Å². The molecule has 2 saturated heterocycles. The van der Waals surface area contributed by atoms with Gasteiger partial charge in [-0.2, -0.15) is 0 Å². The Balaban J connectivity index is 1.27. The lowest BCUT2D eigenvalue weighted by molar-refractivity contribution is -0.0467. The molecule has 3 aliphatic rings. The molecule has 2 aliphatic heterocycles. The van der Waals surface area contributed by atoms with Gasteiger partial charge in [-0.15, -0.1) is 0 Å². The summed E-state index contributed by atoms with van der Waals surface area (Å²) in [6.07, 6.45) is 6.36. The molecule has 1 aromatic rings. The Labute approximate surface area is 145 Å². The molecule has 4 rings (SSSR count). The van der Waals surface area contributed by atoms with Crippen LogP contribution in [0.3, 0.4) is 0 Å². The van der Waals surface area contributed by atoms with Crippen molar-refractivity contribution in [1.82, 2.24) is 4.90 Å². The number of benzene rings is 1. The fourth-order valence-electron chi connectivity index (χ4n) is 4.01. The van der Waals surface area contributed by atoms with E-state index in [4.69, 9.17) is 14.2 Å². The van der Waals surface area contributed by atoms with E-state index in [-0.39, 0.29) is 5.60 Å². The Kier molecular flexibility index (Phi) is 4.79. The normalized spacial score (nSPS) is 26.8. The molecular weight excluding hydrogens is 302 g/mol. The molecule has 0 N–H and O–H groups in total. The fourth-order valence-corrected chi connectivity index (χ4v) is 4.01.